The summed E-state index contributed by atoms with van der Waals surface area (Å²) in [7, 11) is 1.78. The minimum absolute atomic E-state index is 0.222. The van der Waals surface area contributed by atoms with Crippen molar-refractivity contribution in [2.24, 2.45) is 0 Å². The molecule has 2 aromatic rings. The molecule has 5 heteroatoms. The van der Waals surface area contributed by atoms with Gasteiger partial charge < -0.3 is 16.2 Å². The highest BCUT2D eigenvalue weighted by atomic mass is 16.3. The highest BCUT2D eigenvalue weighted by molar-refractivity contribution is 5.67. The van der Waals surface area contributed by atoms with E-state index in [-0.39, 0.29) is 5.95 Å². The molecule has 0 atom stereocenters. The number of hydrogen-bond donors (Lipinski definition) is 3. The van der Waals surface area contributed by atoms with Crippen LogP contribution in [0.1, 0.15) is 11.1 Å². The molecule has 0 amide bonds. The molecule has 1 heterocycles. The van der Waals surface area contributed by atoms with Gasteiger partial charge in [-0.1, -0.05) is 0 Å². The van der Waals surface area contributed by atoms with Crippen molar-refractivity contribution in [2.75, 3.05) is 18.1 Å². The predicted octanol–water partition coefficient (Wildman–Crippen LogP) is 2.09. The third kappa shape index (κ3) is 2.20. The lowest BCUT2D eigenvalue weighted by molar-refractivity contribution is 0.467. The van der Waals surface area contributed by atoms with E-state index in [0.717, 1.165) is 22.4 Å². The van der Waals surface area contributed by atoms with Gasteiger partial charge in [0.05, 0.1) is 5.69 Å². The number of anilines is 2. The van der Waals surface area contributed by atoms with Gasteiger partial charge in [-0.05, 0) is 37.1 Å². The van der Waals surface area contributed by atoms with Gasteiger partial charge in [-0.3, -0.25) is 0 Å². The summed E-state index contributed by atoms with van der Waals surface area (Å²) in [6.07, 6.45) is 0. The fourth-order valence-corrected chi connectivity index (χ4v) is 1.85. The minimum Gasteiger partial charge on any atom is -0.507 e. The summed E-state index contributed by atoms with van der Waals surface area (Å²) < 4.78 is 0. The average molecular weight is 244 g/mol. The van der Waals surface area contributed by atoms with Crippen LogP contribution < -0.4 is 11.1 Å². The number of nitrogen functional groups attached to an aromatic ring is 1. The fraction of sp³-hybridized carbons (Fsp3) is 0.231. The maximum Gasteiger partial charge on any atom is 0.222 e. The van der Waals surface area contributed by atoms with Crippen molar-refractivity contribution in [3.05, 3.63) is 29.3 Å². The summed E-state index contributed by atoms with van der Waals surface area (Å²) in [5.41, 5.74) is 8.94. The Labute approximate surface area is 106 Å². The second-order valence-corrected chi connectivity index (χ2v) is 4.21. The lowest BCUT2D eigenvalue weighted by Crippen LogP contribution is -2.01. The van der Waals surface area contributed by atoms with E-state index in [0.29, 0.717) is 11.6 Å². The molecule has 1 aromatic heterocycles. The van der Waals surface area contributed by atoms with E-state index in [1.807, 2.05) is 32.0 Å². The number of nitrogens with zero attached hydrogens (tertiary/aromatic N) is 2. The quantitative estimate of drug-likeness (QED) is 0.753. The molecule has 4 N–H and O–H groups in total. The van der Waals surface area contributed by atoms with Gasteiger partial charge in [0.15, 0.2) is 0 Å². The smallest absolute Gasteiger partial charge is 0.222 e. The Morgan fingerprint density at radius 2 is 1.72 bits per heavy atom. The van der Waals surface area contributed by atoms with Crippen LogP contribution in [0.5, 0.6) is 5.75 Å². The van der Waals surface area contributed by atoms with E-state index < -0.39 is 0 Å². The molecule has 0 unspecified atom stereocenters. The van der Waals surface area contributed by atoms with Gasteiger partial charge in [-0.15, -0.1) is 0 Å². The first-order valence-electron chi connectivity index (χ1n) is 5.64. The number of hydrogen-bond acceptors (Lipinski definition) is 5. The van der Waals surface area contributed by atoms with Gasteiger partial charge in [0.25, 0.3) is 0 Å². The van der Waals surface area contributed by atoms with Crippen LogP contribution in [0.2, 0.25) is 0 Å². The fourth-order valence-electron chi connectivity index (χ4n) is 1.85. The van der Waals surface area contributed by atoms with E-state index in [4.69, 9.17) is 5.73 Å². The van der Waals surface area contributed by atoms with Gasteiger partial charge in [0, 0.05) is 18.7 Å². The van der Waals surface area contributed by atoms with Crippen molar-refractivity contribution < 1.29 is 5.11 Å². The topological polar surface area (TPSA) is 84.1 Å². The molecule has 94 valence electrons. The van der Waals surface area contributed by atoms with Crippen LogP contribution >= 0.6 is 0 Å². The second kappa shape index (κ2) is 4.52. The third-order valence-corrected chi connectivity index (χ3v) is 2.79. The van der Waals surface area contributed by atoms with Gasteiger partial charge in [0.2, 0.25) is 5.95 Å². The van der Waals surface area contributed by atoms with Crippen molar-refractivity contribution in [2.45, 2.75) is 13.8 Å². The predicted molar refractivity (Wildman–Crippen MR) is 72.6 cm³/mol. The van der Waals surface area contributed by atoms with E-state index in [1.54, 1.807) is 7.05 Å². The molecule has 1 aromatic carbocycles. The molecule has 0 fully saturated rings. The van der Waals surface area contributed by atoms with Crippen LogP contribution in [0.3, 0.4) is 0 Å². The number of phenols is 1. The first-order valence-corrected chi connectivity index (χ1v) is 5.64. The summed E-state index contributed by atoms with van der Waals surface area (Å²) in [5.74, 6) is 1.20. The molecule has 0 saturated heterocycles. The van der Waals surface area contributed by atoms with Crippen LogP contribution in [-0.2, 0) is 0 Å². The van der Waals surface area contributed by atoms with E-state index in [9.17, 15) is 5.11 Å². The maximum atomic E-state index is 9.76. The summed E-state index contributed by atoms with van der Waals surface area (Å²) in [6.45, 7) is 3.71. The summed E-state index contributed by atoms with van der Waals surface area (Å²) in [5, 5.41) is 12.7. The van der Waals surface area contributed by atoms with Crippen LogP contribution in [0, 0.1) is 13.8 Å². The minimum atomic E-state index is 0.222. The average Bonchev–Trinajstić information content (AvgIpc) is 2.34. The summed E-state index contributed by atoms with van der Waals surface area (Å²) in [4.78, 5) is 8.26. The Hall–Kier alpha value is -2.30. The Balaban J connectivity index is 2.58. The summed E-state index contributed by atoms with van der Waals surface area (Å²) in [6, 6.07) is 5.58. The van der Waals surface area contributed by atoms with Gasteiger partial charge in [-0.2, -0.15) is 4.98 Å². The first kappa shape index (κ1) is 12.2. The van der Waals surface area contributed by atoms with Crippen LogP contribution in [-0.4, -0.2) is 22.1 Å². The maximum absolute atomic E-state index is 9.76. The summed E-state index contributed by atoms with van der Waals surface area (Å²) >= 11 is 0. The molecule has 0 aliphatic carbocycles. The van der Waals surface area contributed by atoms with Crippen molar-refractivity contribution >= 4 is 11.8 Å². The highest BCUT2D eigenvalue weighted by Gasteiger charge is 2.08. The molecule has 0 aliphatic heterocycles. The zero-order valence-corrected chi connectivity index (χ0v) is 10.7. The number of aromatic nitrogens is 2. The van der Waals surface area contributed by atoms with Crippen molar-refractivity contribution in [1.29, 1.82) is 0 Å². The molecule has 2 rings (SSSR count). The largest absolute Gasteiger partial charge is 0.507 e. The number of nitrogens with one attached hydrogen (secondary N) is 1. The molecule has 0 spiro atoms. The molecule has 18 heavy (non-hydrogen) atoms. The SMILES string of the molecule is CNc1cc(-c2cc(C)c(O)c(C)c2)nc(N)n1. The molecular weight excluding hydrogens is 228 g/mol. The first-order chi connectivity index (χ1) is 8.51. The van der Waals surface area contributed by atoms with Crippen molar-refractivity contribution in [3.8, 4) is 17.0 Å². The Kier molecular flexibility index (Phi) is 3.06. The third-order valence-electron chi connectivity index (χ3n) is 2.79. The van der Waals surface area contributed by atoms with Gasteiger partial charge >= 0.3 is 0 Å². The number of rotatable bonds is 2. The standard InChI is InChI=1S/C13H16N4O/c1-7-4-9(5-8(2)12(7)18)10-6-11(15-3)17-13(14)16-10/h4-6,18H,1-3H3,(H3,14,15,16,17). The van der Waals surface area contributed by atoms with Crippen LogP contribution in [0.4, 0.5) is 11.8 Å². The number of aromatic hydroxyl groups is 1. The van der Waals surface area contributed by atoms with Crippen molar-refractivity contribution in [3.63, 3.8) is 0 Å². The molecule has 0 saturated carbocycles. The number of aryl methyl sites for hydroxylation is 2. The molecular formula is C13H16N4O. The zero-order chi connectivity index (χ0) is 13.3. The number of benzene rings is 1. The second-order valence-electron chi connectivity index (χ2n) is 4.21. The lowest BCUT2D eigenvalue weighted by Gasteiger charge is -2.09. The zero-order valence-electron chi connectivity index (χ0n) is 10.7. The number of phenolic OH excluding ortho intramolecular Hbond substituents is 1. The molecule has 0 aliphatic rings. The van der Waals surface area contributed by atoms with E-state index >= 15 is 0 Å². The van der Waals surface area contributed by atoms with E-state index in [1.165, 1.54) is 0 Å². The monoisotopic (exact) mass is 244 g/mol. The molecule has 0 bridgehead atoms. The van der Waals surface area contributed by atoms with Crippen LogP contribution in [0.15, 0.2) is 18.2 Å². The highest BCUT2D eigenvalue weighted by Crippen LogP contribution is 2.29. The van der Waals surface area contributed by atoms with E-state index in [2.05, 4.69) is 15.3 Å². The lowest BCUT2D eigenvalue weighted by atomic mass is 10.0. The normalized spacial score (nSPS) is 10.4. The van der Waals surface area contributed by atoms with Crippen LogP contribution in [0.25, 0.3) is 11.3 Å². The molecule has 5 nitrogen and oxygen atoms in total. The van der Waals surface area contributed by atoms with Crippen molar-refractivity contribution in [1.82, 2.24) is 9.97 Å². The number of nitrogens with two attached hydrogens (primary N) is 1. The molecule has 0 radical (unpaired) electrons. The Morgan fingerprint density at radius 3 is 2.28 bits per heavy atom. The Morgan fingerprint density at radius 1 is 1.11 bits per heavy atom. The van der Waals surface area contributed by atoms with Gasteiger partial charge in [-0.25, -0.2) is 4.98 Å². The van der Waals surface area contributed by atoms with Gasteiger partial charge in [0.1, 0.15) is 11.6 Å². The Bertz CT molecular complexity index is 573.